The molecule has 2 rings (SSSR count). The van der Waals surface area contributed by atoms with Crippen molar-refractivity contribution in [3.05, 3.63) is 35.4 Å². The van der Waals surface area contributed by atoms with Gasteiger partial charge in [0.1, 0.15) is 0 Å². The van der Waals surface area contributed by atoms with E-state index in [4.69, 9.17) is 0 Å². The van der Waals surface area contributed by atoms with Gasteiger partial charge in [-0.05, 0) is 49.1 Å². The molecule has 1 aromatic carbocycles. The molecule has 2 unspecified atom stereocenters. The van der Waals surface area contributed by atoms with Crippen molar-refractivity contribution in [1.82, 2.24) is 5.32 Å². The summed E-state index contributed by atoms with van der Waals surface area (Å²) in [6.07, 6.45) is 8.02. The summed E-state index contributed by atoms with van der Waals surface area (Å²) in [5.74, 6) is 1.32. The summed E-state index contributed by atoms with van der Waals surface area (Å²) in [5.41, 5.74) is 3.12. The van der Waals surface area contributed by atoms with Gasteiger partial charge >= 0.3 is 0 Å². The Bertz CT molecular complexity index is 391. The molecule has 1 nitrogen and oxygen atoms in total. The number of hydrogen-bond donors (Lipinski definition) is 1. The van der Waals surface area contributed by atoms with Crippen molar-refractivity contribution in [2.45, 2.75) is 63.7 Å². The third kappa shape index (κ3) is 4.26. The maximum absolute atomic E-state index is 3.75. The Morgan fingerprint density at radius 3 is 2.85 bits per heavy atom. The van der Waals surface area contributed by atoms with E-state index in [9.17, 15) is 0 Å². The van der Waals surface area contributed by atoms with E-state index in [1.54, 1.807) is 11.1 Å². The summed E-state index contributed by atoms with van der Waals surface area (Å²) in [5, 5.41) is 4.50. The minimum atomic E-state index is 0.547. The third-order valence-corrected chi connectivity index (χ3v) is 5.66. The van der Waals surface area contributed by atoms with Crippen LogP contribution in [0.25, 0.3) is 0 Å². The molecule has 1 aliphatic rings. The van der Waals surface area contributed by atoms with E-state index in [0.717, 1.165) is 11.8 Å². The molecule has 0 saturated carbocycles. The molecule has 1 N–H and O–H groups in total. The molecule has 0 bridgehead atoms. The lowest BCUT2D eigenvalue weighted by Crippen LogP contribution is -2.30. The minimum Gasteiger partial charge on any atom is -0.309 e. The molecule has 0 heterocycles. The van der Waals surface area contributed by atoms with Gasteiger partial charge in [0.15, 0.2) is 0 Å². The normalized spacial score (nSPS) is 22.3. The highest BCUT2D eigenvalue weighted by molar-refractivity contribution is 7.99. The fraction of sp³-hybridized carbons (Fsp3) is 0.667. The van der Waals surface area contributed by atoms with E-state index >= 15 is 0 Å². The average Bonchev–Trinajstić information content (AvgIpc) is 2.64. The number of thioether (sulfide) groups is 1. The second kappa shape index (κ2) is 8.74. The number of benzene rings is 1. The first kappa shape index (κ1) is 15.9. The topological polar surface area (TPSA) is 12.0 Å². The van der Waals surface area contributed by atoms with Crippen LogP contribution in [-0.4, -0.2) is 17.5 Å². The molecule has 0 saturated heterocycles. The van der Waals surface area contributed by atoms with Crippen LogP contribution in [0, 0.1) is 0 Å². The molecule has 0 aliphatic heterocycles. The molecule has 0 spiro atoms. The smallest absolute Gasteiger partial charge is 0.0443 e. The van der Waals surface area contributed by atoms with E-state index in [-0.39, 0.29) is 0 Å². The quantitative estimate of drug-likeness (QED) is 0.562. The van der Waals surface area contributed by atoms with Crippen LogP contribution in [-0.2, 0) is 6.42 Å². The molecule has 0 radical (unpaired) electrons. The average molecular weight is 292 g/mol. The van der Waals surface area contributed by atoms with Crippen LogP contribution in [0.5, 0.6) is 0 Å². The first-order chi connectivity index (χ1) is 9.86. The lowest BCUT2D eigenvalue weighted by molar-refractivity contribution is 0.516. The van der Waals surface area contributed by atoms with Crippen molar-refractivity contribution in [1.29, 1.82) is 0 Å². The zero-order valence-electron chi connectivity index (χ0n) is 13.0. The van der Waals surface area contributed by atoms with Crippen LogP contribution in [0.4, 0.5) is 0 Å². The predicted octanol–water partition coefficient (Wildman–Crippen LogP) is 4.97. The molecule has 0 fully saturated rings. The van der Waals surface area contributed by atoms with Gasteiger partial charge in [0.25, 0.3) is 0 Å². The fourth-order valence-corrected chi connectivity index (χ4v) is 4.60. The summed E-state index contributed by atoms with van der Waals surface area (Å²) >= 11 is 2.20. The first-order valence-electron chi connectivity index (χ1n) is 8.29. The standard InChI is InChI=1S/C18H29NS/c1-3-5-8-14-20-17-13-9-11-15-10-6-7-12-16(15)18(17)19-4-2/h6-7,10,12,17-19H,3-5,8-9,11,13-14H2,1-2H3. The van der Waals surface area contributed by atoms with Gasteiger partial charge in [-0.15, -0.1) is 0 Å². The van der Waals surface area contributed by atoms with Crippen molar-refractivity contribution in [2.75, 3.05) is 12.3 Å². The molecule has 1 aliphatic carbocycles. The van der Waals surface area contributed by atoms with Crippen molar-refractivity contribution in [3.63, 3.8) is 0 Å². The maximum atomic E-state index is 3.75. The molecule has 0 aromatic heterocycles. The summed E-state index contributed by atoms with van der Waals surface area (Å²) in [7, 11) is 0. The van der Waals surface area contributed by atoms with Gasteiger partial charge in [-0.3, -0.25) is 0 Å². The SMILES string of the molecule is CCCCCSC1CCCc2ccccc2C1NCC. The van der Waals surface area contributed by atoms with Gasteiger partial charge < -0.3 is 5.32 Å². The molecular formula is C18H29NS. The van der Waals surface area contributed by atoms with Gasteiger partial charge in [0.2, 0.25) is 0 Å². The Morgan fingerprint density at radius 2 is 2.05 bits per heavy atom. The van der Waals surface area contributed by atoms with Crippen molar-refractivity contribution >= 4 is 11.8 Å². The Hall–Kier alpha value is -0.470. The van der Waals surface area contributed by atoms with Crippen molar-refractivity contribution < 1.29 is 0 Å². The minimum absolute atomic E-state index is 0.547. The lowest BCUT2D eigenvalue weighted by Gasteiger charge is -2.27. The van der Waals surface area contributed by atoms with Crippen LogP contribution in [0.15, 0.2) is 24.3 Å². The predicted molar refractivity (Wildman–Crippen MR) is 91.6 cm³/mol. The molecule has 2 atom stereocenters. The zero-order chi connectivity index (χ0) is 14.2. The number of nitrogens with one attached hydrogen (secondary N) is 1. The number of rotatable bonds is 7. The van der Waals surface area contributed by atoms with Crippen LogP contribution in [0.1, 0.15) is 63.1 Å². The van der Waals surface area contributed by atoms with Gasteiger partial charge in [0, 0.05) is 11.3 Å². The Labute approximate surface area is 128 Å². The second-order valence-corrected chi connectivity index (χ2v) is 7.09. The summed E-state index contributed by atoms with van der Waals surface area (Å²) in [6.45, 7) is 5.57. The van der Waals surface area contributed by atoms with E-state index in [2.05, 4.69) is 55.2 Å². The monoisotopic (exact) mass is 291 g/mol. The molecule has 112 valence electrons. The van der Waals surface area contributed by atoms with Crippen molar-refractivity contribution in [2.24, 2.45) is 0 Å². The third-order valence-electron chi connectivity index (χ3n) is 4.20. The lowest BCUT2D eigenvalue weighted by atomic mass is 9.99. The van der Waals surface area contributed by atoms with Crippen LogP contribution < -0.4 is 5.32 Å². The molecule has 0 amide bonds. The van der Waals surface area contributed by atoms with Crippen LogP contribution in [0.2, 0.25) is 0 Å². The Morgan fingerprint density at radius 1 is 1.20 bits per heavy atom. The van der Waals surface area contributed by atoms with E-state index < -0.39 is 0 Å². The molecule has 1 aromatic rings. The highest BCUT2D eigenvalue weighted by atomic mass is 32.2. The van der Waals surface area contributed by atoms with Gasteiger partial charge in [0.05, 0.1) is 0 Å². The van der Waals surface area contributed by atoms with E-state index in [1.165, 1.54) is 44.3 Å². The summed E-state index contributed by atoms with van der Waals surface area (Å²) < 4.78 is 0. The van der Waals surface area contributed by atoms with Gasteiger partial charge in [-0.1, -0.05) is 51.0 Å². The largest absolute Gasteiger partial charge is 0.309 e. The fourth-order valence-electron chi connectivity index (χ4n) is 3.15. The van der Waals surface area contributed by atoms with Crippen LogP contribution >= 0.6 is 11.8 Å². The number of hydrogen-bond acceptors (Lipinski definition) is 2. The molecule has 20 heavy (non-hydrogen) atoms. The number of unbranched alkanes of at least 4 members (excludes halogenated alkanes) is 2. The molecule has 2 heteroatoms. The van der Waals surface area contributed by atoms with Gasteiger partial charge in [-0.25, -0.2) is 0 Å². The maximum Gasteiger partial charge on any atom is 0.0443 e. The summed E-state index contributed by atoms with van der Waals surface area (Å²) in [4.78, 5) is 0. The first-order valence-corrected chi connectivity index (χ1v) is 9.34. The van der Waals surface area contributed by atoms with E-state index in [0.29, 0.717) is 6.04 Å². The van der Waals surface area contributed by atoms with Gasteiger partial charge in [-0.2, -0.15) is 11.8 Å². The molecular weight excluding hydrogens is 262 g/mol. The van der Waals surface area contributed by atoms with Crippen LogP contribution in [0.3, 0.4) is 0 Å². The zero-order valence-corrected chi connectivity index (χ0v) is 13.8. The highest BCUT2D eigenvalue weighted by Crippen LogP contribution is 2.36. The van der Waals surface area contributed by atoms with E-state index in [1.807, 2.05) is 0 Å². The summed E-state index contributed by atoms with van der Waals surface area (Å²) in [6, 6.07) is 9.60. The second-order valence-electron chi connectivity index (χ2n) is 5.74. The number of aryl methyl sites for hydroxylation is 1. The Kier molecular flexibility index (Phi) is 6.95. The number of fused-ring (bicyclic) bond motifs is 1. The Balaban J connectivity index is 2.06. The van der Waals surface area contributed by atoms with Crippen molar-refractivity contribution in [3.8, 4) is 0 Å². The highest BCUT2D eigenvalue weighted by Gasteiger charge is 2.26.